The first-order valence-corrected chi connectivity index (χ1v) is 10.9. The Morgan fingerprint density at radius 1 is 1.16 bits per heavy atom. The van der Waals surface area contributed by atoms with Crippen molar-refractivity contribution < 1.29 is 18.0 Å². The summed E-state index contributed by atoms with van der Waals surface area (Å²) in [5.41, 5.74) is -0.120. The number of rotatable bonds is 3. The number of carbonyl (C=O) groups excluding carboxylic acids is 1. The molecule has 2 N–H and O–H groups in total. The molecule has 2 aliphatic carbocycles. The molecule has 2 saturated heterocycles. The number of piperidine rings is 1. The number of anilines is 1. The van der Waals surface area contributed by atoms with Gasteiger partial charge in [0, 0.05) is 49.5 Å². The van der Waals surface area contributed by atoms with E-state index in [-0.39, 0.29) is 34.3 Å². The van der Waals surface area contributed by atoms with Crippen LogP contribution in [0.1, 0.15) is 31.2 Å². The van der Waals surface area contributed by atoms with Gasteiger partial charge in [-0.1, -0.05) is 0 Å². The van der Waals surface area contributed by atoms with E-state index in [1.807, 2.05) is 4.90 Å². The van der Waals surface area contributed by atoms with E-state index in [4.69, 9.17) is 0 Å². The second-order valence-electron chi connectivity index (χ2n) is 9.63. The molecule has 6 rings (SSSR count). The van der Waals surface area contributed by atoms with Gasteiger partial charge in [-0.25, -0.2) is 0 Å². The molecule has 9 heteroatoms. The van der Waals surface area contributed by atoms with Crippen molar-refractivity contribution in [2.75, 3.05) is 24.5 Å². The lowest BCUT2D eigenvalue weighted by molar-refractivity contribution is -0.136. The normalized spacial score (nSPS) is 31.0. The van der Waals surface area contributed by atoms with Crippen LogP contribution >= 0.6 is 0 Å². The van der Waals surface area contributed by atoms with Gasteiger partial charge in [0.1, 0.15) is 11.0 Å². The van der Waals surface area contributed by atoms with Crippen molar-refractivity contribution >= 4 is 22.6 Å². The molecule has 6 nitrogen and oxygen atoms in total. The third-order valence-corrected chi connectivity index (χ3v) is 7.80. The van der Waals surface area contributed by atoms with Crippen LogP contribution < -0.4 is 15.5 Å². The van der Waals surface area contributed by atoms with Crippen LogP contribution in [0, 0.1) is 17.3 Å². The smallest absolute Gasteiger partial charge is 0.368 e. The highest BCUT2D eigenvalue weighted by Gasteiger charge is 2.58. The number of fused-ring (bicyclic) bond motifs is 3. The van der Waals surface area contributed by atoms with Crippen LogP contribution in [-0.4, -0.2) is 47.6 Å². The predicted molar refractivity (Wildman–Crippen MR) is 108 cm³/mol. The van der Waals surface area contributed by atoms with E-state index in [2.05, 4.69) is 20.6 Å². The SMILES string of the molecule is O=C(NC1CC2CC1CN2)C1CN(c2ccc(C(F)(F)F)c3nccnc23)CC12CC2. The van der Waals surface area contributed by atoms with Crippen LogP contribution in [0.15, 0.2) is 24.5 Å². The van der Waals surface area contributed by atoms with E-state index in [0.717, 1.165) is 38.3 Å². The lowest BCUT2D eigenvalue weighted by atomic mass is 9.91. The summed E-state index contributed by atoms with van der Waals surface area (Å²) in [4.78, 5) is 23.5. The summed E-state index contributed by atoms with van der Waals surface area (Å²) in [6, 6.07) is 3.32. The Hall–Kier alpha value is -2.42. The van der Waals surface area contributed by atoms with E-state index in [0.29, 0.717) is 30.7 Å². The molecule has 164 valence electrons. The van der Waals surface area contributed by atoms with E-state index in [1.54, 1.807) is 0 Å². The Morgan fingerprint density at radius 3 is 2.58 bits per heavy atom. The second kappa shape index (κ2) is 6.54. The highest BCUT2D eigenvalue weighted by atomic mass is 19.4. The van der Waals surface area contributed by atoms with Crippen LogP contribution in [0.5, 0.6) is 0 Å². The maximum absolute atomic E-state index is 13.4. The minimum Gasteiger partial charge on any atom is -0.368 e. The highest BCUT2D eigenvalue weighted by molar-refractivity contribution is 5.92. The van der Waals surface area contributed by atoms with Crippen molar-refractivity contribution in [3.63, 3.8) is 0 Å². The van der Waals surface area contributed by atoms with Gasteiger partial charge in [-0.15, -0.1) is 0 Å². The van der Waals surface area contributed by atoms with Gasteiger partial charge < -0.3 is 15.5 Å². The molecule has 4 atom stereocenters. The minimum atomic E-state index is -4.49. The molecule has 2 aliphatic heterocycles. The van der Waals surface area contributed by atoms with Gasteiger partial charge in [0.2, 0.25) is 5.91 Å². The molecule has 1 amide bonds. The number of aromatic nitrogens is 2. The molecule has 4 aliphatic rings. The van der Waals surface area contributed by atoms with Gasteiger partial charge in [-0.3, -0.25) is 14.8 Å². The molecule has 1 aromatic carbocycles. The molecular formula is C22H24F3N5O. The quantitative estimate of drug-likeness (QED) is 0.782. The van der Waals surface area contributed by atoms with E-state index >= 15 is 0 Å². The largest absolute Gasteiger partial charge is 0.418 e. The fourth-order valence-electron chi connectivity index (χ4n) is 6.00. The molecule has 2 saturated carbocycles. The summed E-state index contributed by atoms with van der Waals surface area (Å²) in [7, 11) is 0. The second-order valence-corrected chi connectivity index (χ2v) is 9.63. The third-order valence-electron chi connectivity index (χ3n) is 7.80. The Morgan fingerprint density at radius 2 is 1.94 bits per heavy atom. The molecule has 2 bridgehead atoms. The van der Waals surface area contributed by atoms with Crippen molar-refractivity contribution in [2.24, 2.45) is 17.3 Å². The summed E-state index contributed by atoms with van der Waals surface area (Å²) >= 11 is 0. The number of halogens is 3. The van der Waals surface area contributed by atoms with Crippen LogP contribution in [0.25, 0.3) is 11.0 Å². The number of carbonyl (C=O) groups is 1. The number of benzene rings is 1. The first-order chi connectivity index (χ1) is 14.8. The minimum absolute atomic E-state index is 0.0722. The fraction of sp³-hybridized carbons (Fsp3) is 0.591. The van der Waals surface area contributed by atoms with Crippen molar-refractivity contribution in [3.8, 4) is 0 Å². The first kappa shape index (κ1) is 19.3. The zero-order valence-corrected chi connectivity index (χ0v) is 17.0. The number of alkyl halides is 3. The first-order valence-electron chi connectivity index (χ1n) is 10.9. The Labute approximate surface area is 177 Å². The average Bonchev–Trinajstić information content (AvgIpc) is 3.06. The third kappa shape index (κ3) is 3.08. The molecule has 1 aromatic heterocycles. The van der Waals surface area contributed by atoms with Crippen LogP contribution in [-0.2, 0) is 11.0 Å². The zero-order valence-electron chi connectivity index (χ0n) is 17.0. The van der Waals surface area contributed by atoms with Gasteiger partial charge in [0.05, 0.1) is 17.2 Å². The van der Waals surface area contributed by atoms with Crippen LogP contribution in [0.3, 0.4) is 0 Å². The Bertz CT molecular complexity index is 1050. The van der Waals surface area contributed by atoms with E-state index in [9.17, 15) is 18.0 Å². The lowest BCUT2D eigenvalue weighted by Crippen LogP contribution is -2.47. The maximum atomic E-state index is 13.4. The molecular weight excluding hydrogens is 407 g/mol. The molecule has 2 aromatic rings. The van der Waals surface area contributed by atoms with Gasteiger partial charge in [0.15, 0.2) is 0 Å². The van der Waals surface area contributed by atoms with E-state index < -0.39 is 11.7 Å². The molecule has 1 spiro atoms. The summed E-state index contributed by atoms with van der Waals surface area (Å²) in [5.74, 6) is 0.462. The molecule has 0 radical (unpaired) electrons. The van der Waals surface area contributed by atoms with Crippen molar-refractivity contribution in [1.29, 1.82) is 0 Å². The van der Waals surface area contributed by atoms with Gasteiger partial charge in [0.25, 0.3) is 0 Å². The fourth-order valence-corrected chi connectivity index (χ4v) is 6.00. The summed E-state index contributed by atoms with van der Waals surface area (Å²) in [6.07, 6.45) is 2.28. The average molecular weight is 431 g/mol. The van der Waals surface area contributed by atoms with Gasteiger partial charge >= 0.3 is 6.18 Å². The highest BCUT2D eigenvalue weighted by Crippen LogP contribution is 2.57. The topological polar surface area (TPSA) is 70.2 Å². The number of nitrogens with zero attached hydrogens (tertiary/aromatic N) is 3. The summed E-state index contributed by atoms with van der Waals surface area (Å²) < 4.78 is 40.3. The van der Waals surface area contributed by atoms with Crippen molar-refractivity contribution in [3.05, 3.63) is 30.1 Å². The number of amides is 1. The van der Waals surface area contributed by atoms with Crippen LogP contribution in [0.4, 0.5) is 18.9 Å². The van der Waals surface area contributed by atoms with Crippen molar-refractivity contribution in [2.45, 2.75) is 43.9 Å². The van der Waals surface area contributed by atoms with E-state index in [1.165, 1.54) is 18.5 Å². The summed E-state index contributed by atoms with van der Waals surface area (Å²) in [6.45, 7) is 2.14. The van der Waals surface area contributed by atoms with Gasteiger partial charge in [-0.05, 0) is 43.7 Å². The Kier molecular flexibility index (Phi) is 4.07. The number of hydrogen-bond donors (Lipinski definition) is 2. The monoisotopic (exact) mass is 431 g/mol. The van der Waals surface area contributed by atoms with Gasteiger partial charge in [-0.2, -0.15) is 13.2 Å². The maximum Gasteiger partial charge on any atom is 0.418 e. The lowest BCUT2D eigenvalue weighted by Gasteiger charge is -2.26. The Balaban J connectivity index is 1.28. The standard InChI is InChI=1S/C22H24F3N5O/c23-22(24,25)14-1-2-17(19-18(14)26-5-6-27-19)30-10-15(21(11-30)3-4-21)20(31)29-16-8-13-7-12(16)9-28-13/h1-2,5-6,12-13,15-16,28H,3-4,7-11H2,(H,29,31). The predicted octanol–water partition coefficient (Wildman–Crippen LogP) is 2.73. The molecule has 3 heterocycles. The number of nitrogens with one attached hydrogen (secondary N) is 2. The number of hydrogen-bond acceptors (Lipinski definition) is 5. The van der Waals surface area contributed by atoms with Crippen LogP contribution in [0.2, 0.25) is 0 Å². The molecule has 4 fully saturated rings. The molecule has 31 heavy (non-hydrogen) atoms. The van der Waals surface area contributed by atoms with Crippen molar-refractivity contribution in [1.82, 2.24) is 20.6 Å². The summed E-state index contributed by atoms with van der Waals surface area (Å²) in [5, 5.41) is 6.77. The zero-order chi connectivity index (χ0) is 21.4. The molecule has 4 unspecified atom stereocenters.